The van der Waals surface area contributed by atoms with Crippen molar-refractivity contribution >= 4 is 11.5 Å². The van der Waals surface area contributed by atoms with Gasteiger partial charge in [0, 0.05) is 32.0 Å². The first-order chi connectivity index (χ1) is 8.36. The molecule has 0 fully saturated rings. The Kier molecular flexibility index (Phi) is 3.98. The molecule has 17 heavy (non-hydrogen) atoms. The van der Waals surface area contributed by atoms with Gasteiger partial charge in [-0.2, -0.15) is 0 Å². The van der Waals surface area contributed by atoms with E-state index in [-0.39, 0.29) is 0 Å². The highest BCUT2D eigenvalue weighted by atomic mass is 15.2. The summed E-state index contributed by atoms with van der Waals surface area (Å²) >= 11 is 0. The van der Waals surface area contributed by atoms with Crippen molar-refractivity contribution in [2.24, 2.45) is 0 Å². The third-order valence-electron chi connectivity index (χ3n) is 2.86. The zero-order valence-corrected chi connectivity index (χ0v) is 10.6. The molecular formula is C13H20N4. The van der Waals surface area contributed by atoms with Crippen LogP contribution in [0.15, 0.2) is 30.6 Å². The van der Waals surface area contributed by atoms with Crippen molar-refractivity contribution in [2.75, 3.05) is 31.6 Å². The van der Waals surface area contributed by atoms with E-state index in [1.54, 1.807) is 0 Å². The van der Waals surface area contributed by atoms with Gasteiger partial charge in [0.2, 0.25) is 0 Å². The molecule has 0 unspecified atom stereocenters. The monoisotopic (exact) mass is 232 g/mol. The molecule has 92 valence electrons. The second-order valence-electron chi connectivity index (χ2n) is 4.13. The van der Waals surface area contributed by atoms with Gasteiger partial charge >= 0.3 is 0 Å². The van der Waals surface area contributed by atoms with Crippen LogP contribution in [0.4, 0.5) is 5.82 Å². The summed E-state index contributed by atoms with van der Waals surface area (Å²) in [6.45, 7) is 5.28. The Hall–Kier alpha value is -1.55. The van der Waals surface area contributed by atoms with Gasteiger partial charge in [0.25, 0.3) is 0 Å². The van der Waals surface area contributed by atoms with Crippen LogP contribution in [-0.2, 0) is 0 Å². The summed E-state index contributed by atoms with van der Waals surface area (Å²) in [6, 6.07) is 6.26. The van der Waals surface area contributed by atoms with Crippen LogP contribution in [0.2, 0.25) is 0 Å². The Labute approximate surface area is 102 Å². The van der Waals surface area contributed by atoms with Crippen molar-refractivity contribution in [3.05, 3.63) is 30.6 Å². The van der Waals surface area contributed by atoms with Gasteiger partial charge in [-0.15, -0.1) is 0 Å². The molecule has 0 spiro atoms. The molecule has 0 saturated carbocycles. The molecule has 0 atom stereocenters. The molecule has 2 rings (SSSR count). The Bertz CT molecular complexity index is 463. The van der Waals surface area contributed by atoms with E-state index in [0.717, 1.165) is 31.7 Å². The first kappa shape index (κ1) is 11.9. The van der Waals surface area contributed by atoms with Crippen molar-refractivity contribution in [1.29, 1.82) is 0 Å². The number of aromatic nitrogens is 2. The van der Waals surface area contributed by atoms with Crippen LogP contribution in [0.5, 0.6) is 0 Å². The van der Waals surface area contributed by atoms with Gasteiger partial charge < -0.3 is 10.2 Å². The number of hydrogen-bond donors (Lipinski definition) is 1. The van der Waals surface area contributed by atoms with Crippen LogP contribution in [0.3, 0.4) is 0 Å². The Balaban J connectivity index is 2.30. The van der Waals surface area contributed by atoms with Crippen molar-refractivity contribution < 1.29 is 0 Å². The van der Waals surface area contributed by atoms with Gasteiger partial charge in [-0.3, -0.25) is 4.40 Å². The van der Waals surface area contributed by atoms with E-state index in [4.69, 9.17) is 0 Å². The number of nitrogens with zero attached hydrogens (tertiary/aromatic N) is 3. The number of nitrogens with one attached hydrogen (secondary N) is 1. The summed E-state index contributed by atoms with van der Waals surface area (Å²) < 4.78 is 2.14. The Morgan fingerprint density at radius 2 is 2.24 bits per heavy atom. The fraction of sp³-hybridized carbons (Fsp3) is 0.462. The third kappa shape index (κ3) is 2.58. The maximum Gasteiger partial charge on any atom is 0.138 e. The summed E-state index contributed by atoms with van der Waals surface area (Å²) in [4.78, 5) is 6.72. The molecule has 1 N–H and O–H groups in total. The van der Waals surface area contributed by atoms with E-state index in [2.05, 4.69) is 38.7 Å². The predicted molar refractivity (Wildman–Crippen MR) is 71.6 cm³/mol. The van der Waals surface area contributed by atoms with Gasteiger partial charge in [0.1, 0.15) is 11.5 Å². The number of anilines is 1. The lowest BCUT2D eigenvalue weighted by Crippen LogP contribution is -2.32. The minimum absolute atomic E-state index is 0.991. The second-order valence-corrected chi connectivity index (χ2v) is 4.13. The maximum atomic E-state index is 4.32. The van der Waals surface area contributed by atoms with Crippen LogP contribution >= 0.6 is 0 Å². The molecule has 2 heterocycles. The smallest absolute Gasteiger partial charge is 0.138 e. The van der Waals surface area contributed by atoms with Crippen LogP contribution in [0, 0.1) is 0 Å². The molecule has 2 aromatic heterocycles. The van der Waals surface area contributed by atoms with Crippen molar-refractivity contribution in [3.8, 4) is 0 Å². The quantitative estimate of drug-likeness (QED) is 0.824. The largest absolute Gasteiger partial charge is 0.356 e. The van der Waals surface area contributed by atoms with Crippen LogP contribution < -0.4 is 10.2 Å². The van der Waals surface area contributed by atoms with Crippen LogP contribution in [-0.4, -0.2) is 36.1 Å². The highest BCUT2D eigenvalue weighted by Crippen LogP contribution is 2.16. The Morgan fingerprint density at radius 3 is 3.00 bits per heavy atom. The van der Waals surface area contributed by atoms with E-state index in [9.17, 15) is 0 Å². The van der Waals surface area contributed by atoms with Crippen molar-refractivity contribution in [2.45, 2.75) is 13.3 Å². The SMILES string of the molecule is CCCN(CCNC)c1cccc2nccn12. The topological polar surface area (TPSA) is 32.6 Å². The molecule has 0 aliphatic carbocycles. The van der Waals surface area contributed by atoms with Crippen molar-refractivity contribution in [3.63, 3.8) is 0 Å². The highest BCUT2D eigenvalue weighted by Gasteiger charge is 2.08. The summed E-state index contributed by atoms with van der Waals surface area (Å²) in [6.07, 6.45) is 5.02. The maximum absolute atomic E-state index is 4.32. The summed E-state index contributed by atoms with van der Waals surface area (Å²) in [7, 11) is 1.99. The minimum atomic E-state index is 0.991. The van der Waals surface area contributed by atoms with Gasteiger partial charge in [0.15, 0.2) is 0 Å². The molecular weight excluding hydrogens is 212 g/mol. The molecule has 0 radical (unpaired) electrons. The highest BCUT2D eigenvalue weighted by molar-refractivity contribution is 5.51. The number of rotatable bonds is 6. The van der Waals surface area contributed by atoms with Gasteiger partial charge in [-0.25, -0.2) is 4.98 Å². The molecule has 0 amide bonds. The summed E-state index contributed by atoms with van der Waals surface area (Å²) in [5.74, 6) is 1.22. The zero-order chi connectivity index (χ0) is 12.1. The number of likely N-dealkylation sites (N-methyl/N-ethyl adjacent to an activating group) is 1. The van der Waals surface area contributed by atoms with Crippen molar-refractivity contribution in [1.82, 2.24) is 14.7 Å². The average molecular weight is 232 g/mol. The van der Waals surface area contributed by atoms with E-state index in [1.165, 1.54) is 5.82 Å². The number of pyridine rings is 1. The summed E-state index contributed by atoms with van der Waals surface area (Å²) in [5.41, 5.74) is 1.01. The predicted octanol–water partition coefficient (Wildman–Crippen LogP) is 1.77. The molecule has 0 aliphatic rings. The summed E-state index contributed by atoms with van der Waals surface area (Å²) in [5, 5.41) is 3.20. The fourth-order valence-electron chi connectivity index (χ4n) is 2.05. The van der Waals surface area contributed by atoms with Gasteiger partial charge in [-0.1, -0.05) is 13.0 Å². The molecule has 4 nitrogen and oxygen atoms in total. The Morgan fingerprint density at radius 1 is 1.35 bits per heavy atom. The van der Waals surface area contributed by atoms with Gasteiger partial charge in [0.05, 0.1) is 0 Å². The van der Waals surface area contributed by atoms with E-state index < -0.39 is 0 Å². The number of imidazole rings is 1. The molecule has 0 bridgehead atoms. The van der Waals surface area contributed by atoms with Gasteiger partial charge in [-0.05, 0) is 25.6 Å². The molecule has 4 heteroatoms. The third-order valence-corrected chi connectivity index (χ3v) is 2.86. The zero-order valence-electron chi connectivity index (χ0n) is 10.6. The molecule has 0 saturated heterocycles. The number of fused-ring (bicyclic) bond motifs is 1. The van der Waals surface area contributed by atoms with E-state index in [1.807, 2.05) is 25.5 Å². The van der Waals surface area contributed by atoms with Crippen LogP contribution in [0.25, 0.3) is 5.65 Å². The average Bonchev–Trinajstić information content (AvgIpc) is 2.82. The van der Waals surface area contributed by atoms with Crippen LogP contribution in [0.1, 0.15) is 13.3 Å². The lowest BCUT2D eigenvalue weighted by molar-refractivity contribution is 0.699. The van der Waals surface area contributed by atoms with E-state index in [0.29, 0.717) is 0 Å². The molecule has 2 aromatic rings. The van der Waals surface area contributed by atoms with E-state index >= 15 is 0 Å². The molecule has 0 aliphatic heterocycles. The first-order valence-electron chi connectivity index (χ1n) is 6.18. The molecule has 0 aromatic carbocycles. The normalized spacial score (nSPS) is 10.9. The second kappa shape index (κ2) is 5.68. The number of hydrogen-bond acceptors (Lipinski definition) is 3. The lowest BCUT2D eigenvalue weighted by Gasteiger charge is -2.25. The standard InChI is InChI=1S/C13H20N4/c1-3-9-16(10-7-14-2)13-6-4-5-12-15-8-11-17(12)13/h4-6,8,11,14H,3,7,9-10H2,1-2H3. The fourth-order valence-corrected chi connectivity index (χ4v) is 2.05. The minimum Gasteiger partial charge on any atom is -0.356 e. The first-order valence-corrected chi connectivity index (χ1v) is 6.18. The lowest BCUT2D eigenvalue weighted by atomic mass is 10.3.